The van der Waals surface area contributed by atoms with Gasteiger partial charge in [-0.2, -0.15) is 0 Å². The third kappa shape index (κ3) is 1.78. The fraction of sp³-hybridized carbons (Fsp3) is 0.280. The van der Waals surface area contributed by atoms with Gasteiger partial charge in [0.25, 0.3) is 0 Å². The minimum Gasteiger partial charge on any atom is -0.0587 e. The van der Waals surface area contributed by atoms with Crippen LogP contribution in [0.1, 0.15) is 60.1 Å². The first-order chi connectivity index (χ1) is 11.9. The molecular weight excluding hydrogens is 300 g/mol. The van der Waals surface area contributed by atoms with Crippen LogP contribution in [0.2, 0.25) is 0 Å². The Morgan fingerprint density at radius 2 is 1.32 bits per heavy atom. The lowest BCUT2D eigenvalue weighted by Gasteiger charge is -2.26. The number of aryl methyl sites for hydroxylation is 2. The summed E-state index contributed by atoms with van der Waals surface area (Å²) in [5.41, 5.74) is 14.6. The number of benzene rings is 3. The monoisotopic (exact) mass is 324 g/mol. The molecule has 0 nitrogen and oxygen atoms in total. The summed E-state index contributed by atoms with van der Waals surface area (Å²) >= 11 is 0. The van der Waals surface area contributed by atoms with Gasteiger partial charge in [-0.1, -0.05) is 80.4 Å². The second-order valence-electron chi connectivity index (χ2n) is 8.44. The second-order valence-corrected chi connectivity index (χ2v) is 8.44. The highest BCUT2D eigenvalue weighted by atomic mass is 14.4. The average molecular weight is 324 g/mol. The minimum atomic E-state index is 0.0629. The third-order valence-corrected chi connectivity index (χ3v) is 6.41. The Morgan fingerprint density at radius 3 is 2.08 bits per heavy atom. The molecule has 0 spiro atoms. The molecule has 0 aliphatic heterocycles. The van der Waals surface area contributed by atoms with Crippen LogP contribution in [0, 0.1) is 13.8 Å². The van der Waals surface area contributed by atoms with Gasteiger partial charge in [-0.15, -0.1) is 0 Å². The summed E-state index contributed by atoms with van der Waals surface area (Å²) in [4.78, 5) is 0. The summed E-state index contributed by atoms with van der Waals surface area (Å²) in [6.45, 7) is 11.6. The summed E-state index contributed by atoms with van der Waals surface area (Å²) in [6, 6.07) is 18.6. The van der Waals surface area contributed by atoms with Crippen LogP contribution in [-0.4, -0.2) is 0 Å². The van der Waals surface area contributed by atoms with Crippen LogP contribution in [-0.2, 0) is 5.41 Å². The number of hydrogen-bond acceptors (Lipinski definition) is 0. The van der Waals surface area contributed by atoms with Crippen LogP contribution < -0.4 is 0 Å². The van der Waals surface area contributed by atoms with Gasteiger partial charge in [-0.25, -0.2) is 0 Å². The van der Waals surface area contributed by atoms with Crippen molar-refractivity contribution in [3.8, 4) is 22.3 Å². The summed E-state index contributed by atoms with van der Waals surface area (Å²) in [7, 11) is 0. The highest BCUT2D eigenvalue weighted by Gasteiger charge is 2.41. The van der Waals surface area contributed by atoms with Crippen LogP contribution in [0.5, 0.6) is 0 Å². The number of fused-ring (bicyclic) bond motifs is 7. The lowest BCUT2D eigenvalue weighted by atomic mass is 9.77. The molecule has 1 atom stereocenters. The van der Waals surface area contributed by atoms with E-state index in [0.29, 0.717) is 5.92 Å². The van der Waals surface area contributed by atoms with Gasteiger partial charge in [0.2, 0.25) is 0 Å². The van der Waals surface area contributed by atoms with E-state index in [1.165, 1.54) is 44.5 Å². The van der Waals surface area contributed by atoms with Crippen molar-refractivity contribution in [1.29, 1.82) is 0 Å². The molecule has 3 aromatic carbocycles. The maximum atomic E-state index is 2.40. The molecule has 0 saturated carbocycles. The van der Waals surface area contributed by atoms with Gasteiger partial charge in [0.1, 0.15) is 0 Å². The van der Waals surface area contributed by atoms with E-state index in [9.17, 15) is 0 Å². The zero-order chi connectivity index (χ0) is 17.5. The average Bonchev–Trinajstić information content (AvgIpc) is 2.98. The first-order valence-corrected chi connectivity index (χ1v) is 9.29. The van der Waals surface area contributed by atoms with Crippen molar-refractivity contribution in [1.82, 2.24) is 0 Å². The van der Waals surface area contributed by atoms with E-state index in [-0.39, 0.29) is 5.41 Å². The molecule has 0 bridgehead atoms. The molecule has 0 heteroatoms. The molecule has 25 heavy (non-hydrogen) atoms. The zero-order valence-corrected chi connectivity index (χ0v) is 15.7. The molecule has 0 radical (unpaired) electrons. The van der Waals surface area contributed by atoms with Crippen LogP contribution in [0.4, 0.5) is 0 Å². The quantitative estimate of drug-likeness (QED) is 0.429. The lowest BCUT2D eigenvalue weighted by Crippen LogP contribution is -2.18. The van der Waals surface area contributed by atoms with Crippen molar-refractivity contribution < 1.29 is 0 Å². The van der Waals surface area contributed by atoms with Gasteiger partial charge in [0, 0.05) is 11.3 Å². The Bertz CT molecular complexity index is 1050. The Labute approximate surface area is 150 Å². The lowest BCUT2D eigenvalue weighted by molar-refractivity contribution is 0.648. The number of rotatable bonds is 0. The highest BCUT2D eigenvalue weighted by molar-refractivity contribution is 5.90. The van der Waals surface area contributed by atoms with E-state index >= 15 is 0 Å². The summed E-state index contributed by atoms with van der Waals surface area (Å²) < 4.78 is 0. The van der Waals surface area contributed by atoms with Gasteiger partial charge in [0.05, 0.1) is 0 Å². The van der Waals surface area contributed by atoms with Crippen LogP contribution >= 0.6 is 0 Å². The van der Waals surface area contributed by atoms with E-state index in [1.54, 1.807) is 11.1 Å². The fourth-order valence-corrected chi connectivity index (χ4v) is 5.19. The Morgan fingerprint density at radius 1 is 0.720 bits per heavy atom. The first-order valence-electron chi connectivity index (χ1n) is 9.29. The molecule has 1 unspecified atom stereocenters. The van der Waals surface area contributed by atoms with Crippen LogP contribution in [0.25, 0.3) is 22.3 Å². The third-order valence-electron chi connectivity index (χ3n) is 6.41. The van der Waals surface area contributed by atoms with E-state index in [0.717, 1.165) is 0 Å². The van der Waals surface area contributed by atoms with Crippen LogP contribution in [0.3, 0.4) is 0 Å². The molecule has 3 aromatic rings. The predicted molar refractivity (Wildman–Crippen MR) is 106 cm³/mol. The molecule has 0 fully saturated rings. The first kappa shape index (κ1) is 15.0. The highest BCUT2D eigenvalue weighted by Crippen LogP contribution is 2.57. The molecule has 5 rings (SSSR count). The summed E-state index contributed by atoms with van der Waals surface area (Å²) in [5, 5.41) is 0. The van der Waals surface area contributed by atoms with Crippen molar-refractivity contribution in [2.45, 2.75) is 46.0 Å². The van der Waals surface area contributed by atoms with Gasteiger partial charge >= 0.3 is 0 Å². The number of hydrogen-bond donors (Lipinski definition) is 0. The van der Waals surface area contributed by atoms with Gasteiger partial charge in [-0.05, 0) is 58.4 Å². The van der Waals surface area contributed by atoms with E-state index in [1.807, 2.05) is 0 Å². The molecular formula is C25H24. The maximum absolute atomic E-state index is 2.40. The van der Waals surface area contributed by atoms with Crippen LogP contribution in [0.15, 0.2) is 48.5 Å². The SMILES string of the molecule is Cc1ccc2c(c1)C(C)c1c-2ccc2c1C(C)(C)c1cc(C)ccc1-2. The van der Waals surface area contributed by atoms with Gasteiger partial charge in [-0.3, -0.25) is 0 Å². The molecule has 124 valence electrons. The normalized spacial score (nSPS) is 18.5. The second kappa shape index (κ2) is 4.64. The smallest absolute Gasteiger partial charge is 0.0162 e. The van der Waals surface area contributed by atoms with Crippen molar-refractivity contribution in [3.05, 3.63) is 81.9 Å². The van der Waals surface area contributed by atoms with Crippen molar-refractivity contribution in [3.63, 3.8) is 0 Å². The van der Waals surface area contributed by atoms with E-state index < -0.39 is 0 Å². The van der Waals surface area contributed by atoms with Crippen molar-refractivity contribution >= 4 is 0 Å². The molecule has 0 amide bonds. The maximum Gasteiger partial charge on any atom is 0.0162 e. The van der Waals surface area contributed by atoms with Crippen molar-refractivity contribution in [2.24, 2.45) is 0 Å². The van der Waals surface area contributed by atoms with Gasteiger partial charge in [0.15, 0.2) is 0 Å². The molecule has 0 saturated heterocycles. The summed E-state index contributed by atoms with van der Waals surface area (Å²) in [5.74, 6) is 0.467. The molecule has 2 aliphatic rings. The molecule has 0 heterocycles. The van der Waals surface area contributed by atoms with E-state index in [4.69, 9.17) is 0 Å². The minimum absolute atomic E-state index is 0.0629. The Balaban J connectivity index is 1.85. The summed E-state index contributed by atoms with van der Waals surface area (Å²) in [6.07, 6.45) is 0. The standard InChI is InChI=1S/C25H24/c1-14-6-8-17-19-10-11-20-18-9-7-15(2)13-22(18)25(4,5)24(20)23(19)16(3)21(17)12-14/h6-13,16H,1-5H3. The Hall–Kier alpha value is -2.34. The molecule has 0 N–H and O–H groups in total. The predicted octanol–water partition coefficient (Wildman–Crippen LogP) is 6.74. The van der Waals surface area contributed by atoms with Crippen molar-refractivity contribution in [2.75, 3.05) is 0 Å². The molecule has 2 aliphatic carbocycles. The van der Waals surface area contributed by atoms with E-state index in [2.05, 4.69) is 83.1 Å². The van der Waals surface area contributed by atoms with Gasteiger partial charge < -0.3 is 0 Å². The topological polar surface area (TPSA) is 0 Å². The molecule has 0 aromatic heterocycles. The zero-order valence-electron chi connectivity index (χ0n) is 15.7. The Kier molecular flexibility index (Phi) is 2.77. The fourth-order valence-electron chi connectivity index (χ4n) is 5.19. The largest absolute Gasteiger partial charge is 0.0587 e.